The van der Waals surface area contributed by atoms with Gasteiger partial charge in [0.15, 0.2) is 5.69 Å². The van der Waals surface area contributed by atoms with Crippen LogP contribution in [0.3, 0.4) is 0 Å². The average molecular weight is 373 g/mol. The van der Waals surface area contributed by atoms with Crippen LogP contribution in [0.2, 0.25) is 0 Å². The Hall–Kier alpha value is -0.400. The summed E-state index contributed by atoms with van der Waals surface area (Å²) >= 11 is 11.5. The van der Waals surface area contributed by atoms with Crippen molar-refractivity contribution in [1.82, 2.24) is 15.5 Å². The van der Waals surface area contributed by atoms with E-state index in [0.717, 1.165) is 0 Å². The topological polar surface area (TPSA) is 74.8 Å². The molecule has 0 aliphatic rings. The third kappa shape index (κ3) is 3.88. The van der Waals surface area contributed by atoms with Crippen LogP contribution in [0.5, 0.6) is 0 Å². The molecule has 1 rings (SSSR count). The van der Waals surface area contributed by atoms with Crippen LogP contribution in [-0.4, -0.2) is 27.9 Å². The molecule has 0 unspecified atom stereocenters. The Kier molecular flexibility index (Phi) is 5.43. The lowest BCUT2D eigenvalue weighted by Crippen LogP contribution is -2.25. The van der Waals surface area contributed by atoms with Gasteiger partial charge < -0.3 is 5.32 Å². The highest BCUT2D eigenvalue weighted by atomic mass is 79.9. The third-order valence-corrected chi connectivity index (χ3v) is 3.78. The summed E-state index contributed by atoms with van der Waals surface area (Å²) in [4.78, 5) is 22.0. The second-order valence-corrected chi connectivity index (χ2v) is 4.92. The lowest BCUT2D eigenvalue weighted by Gasteiger charge is -2.01. The number of carbonyl (C=O) groups is 2. The minimum atomic E-state index is -0.405. The van der Waals surface area contributed by atoms with E-state index in [4.69, 9.17) is 11.6 Å². The number of amides is 1. The van der Waals surface area contributed by atoms with Gasteiger partial charge in [0.05, 0.1) is 4.47 Å². The lowest BCUT2D eigenvalue weighted by molar-refractivity contribution is -0.111. The quantitative estimate of drug-likeness (QED) is 0.614. The Morgan fingerprint density at radius 3 is 2.62 bits per heavy atom. The Morgan fingerprint density at radius 1 is 1.44 bits per heavy atom. The number of hydrogen-bond donors (Lipinski definition) is 2. The zero-order valence-corrected chi connectivity index (χ0v) is 11.9. The smallest absolute Gasteiger partial charge is 0.273 e. The van der Waals surface area contributed by atoms with Gasteiger partial charge in [0.25, 0.3) is 5.91 Å². The zero-order chi connectivity index (χ0) is 12.1. The fourth-order valence-electron chi connectivity index (χ4n) is 0.971. The SMILES string of the molecule is O=C(Cl)CCCNC(=O)c1n[nH]c(Br)c1Br. The van der Waals surface area contributed by atoms with Gasteiger partial charge in [0.1, 0.15) is 4.60 Å². The van der Waals surface area contributed by atoms with Crippen LogP contribution >= 0.6 is 43.5 Å². The fourth-order valence-corrected chi connectivity index (χ4v) is 1.74. The summed E-state index contributed by atoms with van der Waals surface area (Å²) < 4.78 is 1.17. The average Bonchev–Trinajstić information content (AvgIpc) is 2.54. The van der Waals surface area contributed by atoms with Gasteiger partial charge >= 0.3 is 0 Å². The third-order valence-electron chi connectivity index (χ3n) is 1.72. The number of rotatable bonds is 5. The van der Waals surface area contributed by atoms with Crippen LogP contribution in [0.25, 0.3) is 0 Å². The monoisotopic (exact) mass is 371 g/mol. The van der Waals surface area contributed by atoms with Gasteiger partial charge in [0, 0.05) is 13.0 Å². The molecule has 0 atom stereocenters. The molecule has 5 nitrogen and oxygen atoms in total. The van der Waals surface area contributed by atoms with Gasteiger partial charge in [-0.15, -0.1) is 0 Å². The van der Waals surface area contributed by atoms with Crippen molar-refractivity contribution >= 4 is 54.6 Å². The maximum atomic E-state index is 11.6. The van der Waals surface area contributed by atoms with E-state index in [1.165, 1.54) is 0 Å². The van der Waals surface area contributed by atoms with E-state index in [1.807, 2.05) is 0 Å². The van der Waals surface area contributed by atoms with E-state index in [9.17, 15) is 9.59 Å². The molecule has 16 heavy (non-hydrogen) atoms. The van der Waals surface area contributed by atoms with Gasteiger partial charge in [0.2, 0.25) is 5.24 Å². The largest absolute Gasteiger partial charge is 0.351 e. The Balaban J connectivity index is 2.41. The first-order chi connectivity index (χ1) is 7.52. The number of H-pyrrole nitrogens is 1. The molecule has 0 aliphatic carbocycles. The van der Waals surface area contributed by atoms with Crippen molar-refractivity contribution in [2.75, 3.05) is 6.54 Å². The number of aromatic nitrogens is 2. The molecule has 0 aliphatic heterocycles. The number of aromatic amines is 1. The first kappa shape index (κ1) is 13.7. The van der Waals surface area contributed by atoms with Crippen LogP contribution in [0.4, 0.5) is 0 Å². The molecule has 0 saturated carbocycles. The fraction of sp³-hybridized carbons (Fsp3) is 0.375. The lowest BCUT2D eigenvalue weighted by atomic mass is 10.3. The summed E-state index contributed by atoms with van der Waals surface area (Å²) in [6, 6.07) is 0. The Morgan fingerprint density at radius 2 is 2.12 bits per heavy atom. The minimum absolute atomic E-state index is 0.243. The first-order valence-electron chi connectivity index (χ1n) is 4.38. The first-order valence-corrected chi connectivity index (χ1v) is 6.34. The Labute approximate surface area is 114 Å². The van der Waals surface area contributed by atoms with Crippen LogP contribution in [-0.2, 0) is 4.79 Å². The predicted octanol–water partition coefficient (Wildman–Crippen LogP) is 2.21. The van der Waals surface area contributed by atoms with Crippen molar-refractivity contribution in [2.24, 2.45) is 0 Å². The van der Waals surface area contributed by atoms with E-state index in [1.54, 1.807) is 0 Å². The maximum absolute atomic E-state index is 11.6. The minimum Gasteiger partial charge on any atom is -0.351 e. The molecular weight excluding hydrogens is 365 g/mol. The molecule has 0 spiro atoms. The highest BCUT2D eigenvalue weighted by Crippen LogP contribution is 2.23. The molecule has 1 aromatic heterocycles. The molecule has 88 valence electrons. The molecule has 0 fully saturated rings. The molecule has 8 heteroatoms. The summed E-state index contributed by atoms with van der Waals surface area (Å²) in [7, 11) is 0. The number of halogens is 3. The van der Waals surface area contributed by atoms with Crippen molar-refractivity contribution in [1.29, 1.82) is 0 Å². The standard InChI is InChI=1S/C8H8Br2ClN3O2/c9-5-6(13-14-7(5)10)8(16)12-3-1-2-4(11)15/h1-3H2,(H,12,16)(H,13,14). The molecule has 1 amide bonds. The van der Waals surface area contributed by atoms with Gasteiger partial charge in [-0.3, -0.25) is 14.7 Å². The summed E-state index contributed by atoms with van der Waals surface area (Å²) in [5, 5.41) is 8.64. The summed E-state index contributed by atoms with van der Waals surface area (Å²) in [6.45, 7) is 0.383. The van der Waals surface area contributed by atoms with Crippen LogP contribution in [0, 0.1) is 0 Å². The van der Waals surface area contributed by atoms with E-state index in [-0.39, 0.29) is 18.0 Å². The van der Waals surface area contributed by atoms with Crippen molar-refractivity contribution < 1.29 is 9.59 Å². The van der Waals surface area contributed by atoms with E-state index >= 15 is 0 Å². The molecule has 0 radical (unpaired) electrons. The summed E-state index contributed by atoms with van der Waals surface area (Å²) in [6.07, 6.45) is 0.755. The number of nitrogens with one attached hydrogen (secondary N) is 2. The van der Waals surface area contributed by atoms with Crippen molar-refractivity contribution in [3.63, 3.8) is 0 Å². The summed E-state index contributed by atoms with van der Waals surface area (Å²) in [5.74, 6) is -0.309. The van der Waals surface area contributed by atoms with Gasteiger partial charge in [-0.05, 0) is 49.9 Å². The zero-order valence-electron chi connectivity index (χ0n) is 8.02. The van der Waals surface area contributed by atoms with Gasteiger partial charge in [-0.1, -0.05) is 0 Å². The Bertz CT molecular complexity index is 408. The van der Waals surface area contributed by atoms with Gasteiger partial charge in [-0.25, -0.2) is 0 Å². The van der Waals surface area contributed by atoms with E-state index < -0.39 is 5.24 Å². The van der Waals surface area contributed by atoms with Crippen LogP contribution in [0.1, 0.15) is 23.3 Å². The highest BCUT2D eigenvalue weighted by Gasteiger charge is 2.15. The summed E-state index contributed by atoms with van der Waals surface area (Å²) in [5.41, 5.74) is 0.268. The van der Waals surface area contributed by atoms with Crippen molar-refractivity contribution in [3.05, 3.63) is 14.8 Å². The molecule has 0 saturated heterocycles. The molecule has 0 bridgehead atoms. The molecular formula is C8H8Br2ClN3O2. The number of nitrogens with zero attached hydrogens (tertiary/aromatic N) is 1. The van der Waals surface area contributed by atoms with E-state index in [2.05, 4.69) is 47.4 Å². The van der Waals surface area contributed by atoms with Crippen LogP contribution in [0.15, 0.2) is 9.08 Å². The maximum Gasteiger partial charge on any atom is 0.273 e. The highest BCUT2D eigenvalue weighted by molar-refractivity contribution is 9.13. The second-order valence-electron chi connectivity index (χ2n) is 2.91. The molecule has 1 heterocycles. The molecule has 2 N–H and O–H groups in total. The normalized spacial score (nSPS) is 10.2. The van der Waals surface area contributed by atoms with Gasteiger partial charge in [-0.2, -0.15) is 5.10 Å². The van der Waals surface area contributed by atoms with Crippen molar-refractivity contribution in [3.8, 4) is 0 Å². The van der Waals surface area contributed by atoms with Crippen molar-refractivity contribution in [2.45, 2.75) is 12.8 Å². The number of hydrogen-bond acceptors (Lipinski definition) is 3. The predicted molar refractivity (Wildman–Crippen MR) is 66.4 cm³/mol. The number of carbonyl (C=O) groups excluding carboxylic acids is 2. The van der Waals surface area contributed by atoms with E-state index in [0.29, 0.717) is 22.0 Å². The molecule has 1 aromatic rings. The molecule has 0 aromatic carbocycles. The second kappa shape index (κ2) is 6.36. The van der Waals surface area contributed by atoms with Crippen LogP contribution < -0.4 is 5.32 Å².